The normalized spacial score (nSPS) is 36.8. The first-order chi connectivity index (χ1) is 5.86. The van der Waals surface area contributed by atoms with Crippen LogP contribution in [0, 0.1) is 0 Å². The molecule has 0 aromatic heterocycles. The van der Waals surface area contributed by atoms with E-state index in [4.69, 9.17) is 14.2 Å². The van der Waals surface area contributed by atoms with Crippen LogP contribution in [-0.4, -0.2) is 43.4 Å². The lowest BCUT2D eigenvalue weighted by molar-refractivity contribution is -0.236. The monoisotopic (exact) mass is 174 g/mol. The topological polar surface area (TPSA) is 47.9 Å². The average molecular weight is 174 g/mol. The van der Waals surface area contributed by atoms with E-state index in [1.807, 2.05) is 0 Å². The minimum absolute atomic E-state index is 0.106. The van der Waals surface area contributed by atoms with Gasteiger partial charge in [0.2, 0.25) is 0 Å². The molecule has 2 aliphatic rings. The van der Waals surface area contributed by atoms with E-state index in [9.17, 15) is 5.11 Å². The van der Waals surface area contributed by atoms with E-state index in [1.54, 1.807) is 0 Å². The van der Waals surface area contributed by atoms with Crippen molar-refractivity contribution < 1.29 is 19.3 Å². The van der Waals surface area contributed by atoms with Gasteiger partial charge >= 0.3 is 0 Å². The van der Waals surface area contributed by atoms with Crippen LogP contribution in [0.25, 0.3) is 0 Å². The molecule has 2 aliphatic heterocycles. The van der Waals surface area contributed by atoms with Gasteiger partial charge in [0.1, 0.15) is 6.10 Å². The summed E-state index contributed by atoms with van der Waals surface area (Å²) in [7, 11) is 0. The average Bonchev–Trinajstić information content (AvgIpc) is 1.79. The summed E-state index contributed by atoms with van der Waals surface area (Å²) < 4.78 is 15.4. The van der Waals surface area contributed by atoms with Crippen LogP contribution in [0.1, 0.15) is 12.8 Å². The summed E-state index contributed by atoms with van der Waals surface area (Å²) in [5.41, 5.74) is 0. The van der Waals surface area contributed by atoms with E-state index in [2.05, 4.69) is 0 Å². The molecule has 0 aromatic carbocycles. The van der Waals surface area contributed by atoms with Gasteiger partial charge in [0.25, 0.3) is 0 Å². The second-order valence-electron chi connectivity index (χ2n) is 3.20. The maximum atomic E-state index is 9.33. The Morgan fingerprint density at radius 1 is 1.33 bits per heavy atom. The second kappa shape index (κ2) is 3.70. The van der Waals surface area contributed by atoms with Gasteiger partial charge in [-0.3, -0.25) is 0 Å². The highest BCUT2D eigenvalue weighted by atomic mass is 16.6. The molecule has 0 aliphatic carbocycles. The van der Waals surface area contributed by atoms with Gasteiger partial charge in [-0.15, -0.1) is 0 Å². The Kier molecular flexibility index (Phi) is 2.60. The van der Waals surface area contributed by atoms with E-state index in [-0.39, 0.29) is 12.2 Å². The van der Waals surface area contributed by atoms with Gasteiger partial charge in [-0.25, -0.2) is 0 Å². The highest BCUT2D eigenvalue weighted by Gasteiger charge is 2.29. The number of ether oxygens (including phenoxy) is 3. The molecule has 2 rings (SSSR count). The Hall–Kier alpha value is -0.160. The van der Waals surface area contributed by atoms with Crippen LogP contribution in [0.15, 0.2) is 0 Å². The molecule has 70 valence electrons. The second-order valence-corrected chi connectivity index (χ2v) is 3.20. The van der Waals surface area contributed by atoms with Crippen molar-refractivity contribution in [1.82, 2.24) is 0 Å². The standard InChI is InChI=1S/C8H14O4/c9-8(7-2-4-11-7)12-5-6-1-3-10-6/h6-9H,1-5H2. The Morgan fingerprint density at radius 3 is 2.42 bits per heavy atom. The third-order valence-electron chi connectivity index (χ3n) is 2.30. The lowest BCUT2D eigenvalue weighted by Gasteiger charge is -2.33. The van der Waals surface area contributed by atoms with Gasteiger partial charge in [-0.1, -0.05) is 0 Å². The largest absolute Gasteiger partial charge is 0.376 e. The lowest BCUT2D eigenvalue weighted by Crippen LogP contribution is -2.42. The van der Waals surface area contributed by atoms with E-state index >= 15 is 0 Å². The molecule has 1 N–H and O–H groups in total. The predicted octanol–water partition coefficient (Wildman–Crippen LogP) is -0.101. The zero-order chi connectivity index (χ0) is 8.39. The van der Waals surface area contributed by atoms with Crippen LogP contribution in [0.2, 0.25) is 0 Å². The van der Waals surface area contributed by atoms with Gasteiger partial charge in [0.05, 0.1) is 12.7 Å². The van der Waals surface area contributed by atoms with Crippen molar-refractivity contribution >= 4 is 0 Å². The Bertz CT molecular complexity index is 142. The van der Waals surface area contributed by atoms with E-state index in [0.717, 1.165) is 26.1 Å². The minimum Gasteiger partial charge on any atom is -0.376 e. The summed E-state index contributed by atoms with van der Waals surface area (Å²) in [6.07, 6.45) is 1.26. The zero-order valence-corrected chi connectivity index (χ0v) is 6.94. The highest BCUT2D eigenvalue weighted by molar-refractivity contribution is 4.71. The highest BCUT2D eigenvalue weighted by Crippen LogP contribution is 2.18. The molecule has 12 heavy (non-hydrogen) atoms. The van der Waals surface area contributed by atoms with Crippen molar-refractivity contribution in [1.29, 1.82) is 0 Å². The van der Waals surface area contributed by atoms with Crippen molar-refractivity contribution in [3.05, 3.63) is 0 Å². The first-order valence-electron chi connectivity index (χ1n) is 4.39. The number of aliphatic hydroxyl groups excluding tert-OH is 1. The Labute approximate surface area is 71.4 Å². The summed E-state index contributed by atoms with van der Waals surface area (Å²) in [6.45, 7) is 2.05. The van der Waals surface area contributed by atoms with E-state index in [1.165, 1.54) is 0 Å². The molecule has 0 amide bonds. The Balaban J connectivity index is 1.58. The molecule has 4 heteroatoms. The van der Waals surface area contributed by atoms with Crippen LogP contribution in [-0.2, 0) is 14.2 Å². The van der Waals surface area contributed by atoms with Crippen LogP contribution in [0.4, 0.5) is 0 Å². The molecular formula is C8H14O4. The summed E-state index contributed by atoms with van der Waals surface area (Å²) in [6, 6.07) is 0. The van der Waals surface area contributed by atoms with Crippen molar-refractivity contribution in [2.75, 3.05) is 19.8 Å². The van der Waals surface area contributed by atoms with Crippen molar-refractivity contribution in [2.24, 2.45) is 0 Å². The van der Waals surface area contributed by atoms with Crippen molar-refractivity contribution in [2.45, 2.75) is 31.3 Å². The van der Waals surface area contributed by atoms with Crippen LogP contribution < -0.4 is 0 Å². The number of hydrogen-bond donors (Lipinski definition) is 1. The number of aliphatic hydroxyl groups is 1. The fraction of sp³-hybridized carbons (Fsp3) is 1.00. The van der Waals surface area contributed by atoms with Crippen LogP contribution in [0.3, 0.4) is 0 Å². The maximum absolute atomic E-state index is 9.33. The predicted molar refractivity (Wildman–Crippen MR) is 40.7 cm³/mol. The number of hydrogen-bond acceptors (Lipinski definition) is 4. The molecule has 0 radical (unpaired) electrons. The Morgan fingerprint density at radius 2 is 2.00 bits per heavy atom. The van der Waals surface area contributed by atoms with Crippen LogP contribution in [0.5, 0.6) is 0 Å². The smallest absolute Gasteiger partial charge is 0.181 e. The first-order valence-corrected chi connectivity index (χ1v) is 4.39. The SMILES string of the molecule is OC(OCC1CCO1)C1CCO1. The third kappa shape index (κ3) is 1.77. The molecule has 0 saturated carbocycles. The van der Waals surface area contributed by atoms with Crippen LogP contribution >= 0.6 is 0 Å². The van der Waals surface area contributed by atoms with Crippen molar-refractivity contribution in [3.8, 4) is 0 Å². The number of rotatable bonds is 4. The fourth-order valence-electron chi connectivity index (χ4n) is 1.21. The molecule has 3 unspecified atom stereocenters. The molecule has 0 bridgehead atoms. The van der Waals surface area contributed by atoms with Gasteiger partial charge in [-0.05, 0) is 6.42 Å². The van der Waals surface area contributed by atoms with E-state index in [0.29, 0.717) is 6.61 Å². The molecular weight excluding hydrogens is 160 g/mol. The summed E-state index contributed by atoms with van der Waals surface area (Å²) in [5.74, 6) is 0. The molecule has 2 fully saturated rings. The minimum atomic E-state index is -0.761. The third-order valence-corrected chi connectivity index (χ3v) is 2.30. The maximum Gasteiger partial charge on any atom is 0.181 e. The fourth-order valence-corrected chi connectivity index (χ4v) is 1.21. The molecule has 3 atom stereocenters. The molecule has 2 saturated heterocycles. The van der Waals surface area contributed by atoms with Crippen molar-refractivity contribution in [3.63, 3.8) is 0 Å². The van der Waals surface area contributed by atoms with Gasteiger partial charge < -0.3 is 19.3 Å². The summed E-state index contributed by atoms with van der Waals surface area (Å²) in [4.78, 5) is 0. The van der Waals surface area contributed by atoms with Gasteiger partial charge in [0.15, 0.2) is 6.29 Å². The van der Waals surface area contributed by atoms with Gasteiger partial charge in [-0.2, -0.15) is 0 Å². The quantitative estimate of drug-likeness (QED) is 0.604. The first kappa shape index (κ1) is 8.44. The molecule has 4 nitrogen and oxygen atoms in total. The summed E-state index contributed by atoms with van der Waals surface area (Å²) >= 11 is 0. The van der Waals surface area contributed by atoms with E-state index < -0.39 is 6.29 Å². The molecule has 0 aromatic rings. The molecule has 0 spiro atoms. The van der Waals surface area contributed by atoms with Gasteiger partial charge in [0, 0.05) is 19.6 Å². The zero-order valence-electron chi connectivity index (χ0n) is 6.94. The lowest BCUT2D eigenvalue weighted by atomic mass is 10.2. The summed E-state index contributed by atoms with van der Waals surface area (Å²) in [5, 5.41) is 9.33. The molecule has 2 heterocycles.